The van der Waals surface area contributed by atoms with Crippen LogP contribution < -0.4 is 5.32 Å². The van der Waals surface area contributed by atoms with Gasteiger partial charge in [-0.15, -0.1) is 0 Å². The van der Waals surface area contributed by atoms with Crippen LogP contribution in [-0.4, -0.2) is 38.7 Å². The van der Waals surface area contributed by atoms with E-state index >= 15 is 0 Å². The van der Waals surface area contributed by atoms with Gasteiger partial charge in [0.1, 0.15) is 11.7 Å². The zero-order valence-electron chi connectivity index (χ0n) is 15.3. The molecule has 0 saturated carbocycles. The lowest BCUT2D eigenvalue weighted by Crippen LogP contribution is -2.50. The number of nitrogens with one attached hydrogen (secondary N) is 1. The number of carbonyl (C=O) groups is 2. The average Bonchev–Trinajstić information content (AvgIpc) is 3.07. The molecule has 3 aromatic rings. The highest BCUT2D eigenvalue weighted by Crippen LogP contribution is 2.22. The second-order valence-corrected chi connectivity index (χ2v) is 6.93. The van der Waals surface area contributed by atoms with E-state index < -0.39 is 6.04 Å². The molecule has 1 atom stereocenters. The van der Waals surface area contributed by atoms with E-state index in [1.807, 2.05) is 54.0 Å². The Kier molecular flexibility index (Phi) is 4.62. The van der Waals surface area contributed by atoms with Gasteiger partial charge >= 0.3 is 0 Å². The van der Waals surface area contributed by atoms with Crippen molar-refractivity contribution < 1.29 is 9.59 Å². The molecule has 6 nitrogen and oxygen atoms in total. The number of amides is 2. The summed E-state index contributed by atoms with van der Waals surface area (Å²) in [5.74, 6) is -0.230. The predicted octanol–water partition coefficient (Wildman–Crippen LogP) is 3.28. The Morgan fingerprint density at radius 3 is 2.70 bits per heavy atom. The maximum atomic E-state index is 12.9. The van der Waals surface area contributed by atoms with E-state index in [0.717, 1.165) is 24.2 Å². The fraction of sp³-hybridized carbons (Fsp3) is 0.286. The third kappa shape index (κ3) is 3.56. The van der Waals surface area contributed by atoms with Gasteiger partial charge in [0.25, 0.3) is 5.91 Å². The number of anilines is 1. The van der Waals surface area contributed by atoms with Crippen LogP contribution in [0.2, 0.25) is 0 Å². The lowest BCUT2D eigenvalue weighted by atomic mass is 10.00. The Morgan fingerprint density at radius 1 is 1.07 bits per heavy atom. The van der Waals surface area contributed by atoms with E-state index in [4.69, 9.17) is 0 Å². The molecule has 6 heteroatoms. The van der Waals surface area contributed by atoms with Crippen LogP contribution >= 0.6 is 0 Å². The number of rotatable bonds is 3. The number of hydrogen-bond acceptors (Lipinski definition) is 3. The molecule has 1 aliphatic rings. The number of aryl methyl sites for hydroxylation is 1. The van der Waals surface area contributed by atoms with Crippen molar-refractivity contribution in [1.82, 2.24) is 14.3 Å². The summed E-state index contributed by atoms with van der Waals surface area (Å²) in [5, 5.41) is 2.97. The second-order valence-electron chi connectivity index (χ2n) is 6.93. The van der Waals surface area contributed by atoms with Crippen molar-refractivity contribution in [2.75, 3.05) is 11.9 Å². The first-order valence-corrected chi connectivity index (χ1v) is 9.24. The molecule has 3 heterocycles. The van der Waals surface area contributed by atoms with Crippen molar-refractivity contribution in [2.24, 2.45) is 0 Å². The maximum absolute atomic E-state index is 12.9. The van der Waals surface area contributed by atoms with E-state index in [2.05, 4.69) is 10.3 Å². The minimum absolute atomic E-state index is 0.0869. The molecule has 1 fully saturated rings. The molecule has 4 rings (SSSR count). The highest BCUT2D eigenvalue weighted by atomic mass is 16.2. The summed E-state index contributed by atoms with van der Waals surface area (Å²) in [5.41, 5.74) is 3.07. The van der Waals surface area contributed by atoms with E-state index in [1.165, 1.54) is 0 Å². The molecule has 2 aromatic heterocycles. The minimum Gasteiger partial charge on any atom is -0.327 e. The Morgan fingerprint density at radius 2 is 1.89 bits per heavy atom. The minimum atomic E-state index is -0.452. The smallest absolute Gasteiger partial charge is 0.254 e. The number of likely N-dealkylation sites (tertiary alicyclic amines) is 1. The van der Waals surface area contributed by atoms with Crippen LogP contribution in [-0.2, 0) is 4.79 Å². The standard InChI is InChI=1S/C21H22N4O2/c1-15-13-24-14-17(10-11-19(24)22-15)23-20(26)18-9-5-6-12-25(18)21(27)16-7-3-2-4-8-16/h2-4,7-8,10-11,13-14,18H,5-6,9,12H2,1H3,(H,23,26). The molecule has 1 unspecified atom stereocenters. The largest absolute Gasteiger partial charge is 0.327 e. The van der Waals surface area contributed by atoms with Crippen molar-refractivity contribution in [1.29, 1.82) is 0 Å². The van der Waals surface area contributed by atoms with Gasteiger partial charge in [-0.3, -0.25) is 9.59 Å². The third-order valence-electron chi connectivity index (χ3n) is 4.93. The lowest BCUT2D eigenvalue weighted by molar-refractivity contribution is -0.121. The van der Waals surface area contributed by atoms with Crippen LogP contribution in [0.25, 0.3) is 5.65 Å². The molecule has 0 aliphatic carbocycles. The quantitative estimate of drug-likeness (QED) is 0.778. The summed E-state index contributed by atoms with van der Waals surface area (Å²) in [4.78, 5) is 31.9. The monoisotopic (exact) mass is 362 g/mol. The van der Waals surface area contributed by atoms with Gasteiger partial charge in [0, 0.05) is 24.5 Å². The Bertz CT molecular complexity index is 980. The van der Waals surface area contributed by atoms with Crippen LogP contribution in [0.15, 0.2) is 54.9 Å². The first-order chi connectivity index (χ1) is 13.1. The molecular formula is C21H22N4O2. The van der Waals surface area contributed by atoms with Gasteiger partial charge in [0.05, 0.1) is 11.4 Å². The zero-order chi connectivity index (χ0) is 18.8. The van der Waals surface area contributed by atoms with Gasteiger partial charge < -0.3 is 14.6 Å². The molecular weight excluding hydrogens is 340 g/mol. The fourth-order valence-corrected chi connectivity index (χ4v) is 3.61. The first-order valence-electron chi connectivity index (χ1n) is 9.24. The van der Waals surface area contributed by atoms with Crippen molar-refractivity contribution in [3.63, 3.8) is 0 Å². The molecule has 1 N–H and O–H groups in total. The van der Waals surface area contributed by atoms with Crippen LogP contribution in [0.3, 0.4) is 0 Å². The van der Waals surface area contributed by atoms with Crippen molar-refractivity contribution in [2.45, 2.75) is 32.2 Å². The number of nitrogens with zero attached hydrogens (tertiary/aromatic N) is 3. The Labute approximate surface area is 157 Å². The van der Waals surface area contributed by atoms with Crippen molar-refractivity contribution >= 4 is 23.1 Å². The topological polar surface area (TPSA) is 66.7 Å². The number of imidazole rings is 1. The summed E-state index contributed by atoms with van der Waals surface area (Å²) >= 11 is 0. The average molecular weight is 362 g/mol. The SMILES string of the molecule is Cc1cn2cc(NC(=O)C3CCCCN3C(=O)c3ccccc3)ccc2n1. The van der Waals surface area contributed by atoms with Gasteiger partial charge in [-0.1, -0.05) is 18.2 Å². The number of benzene rings is 1. The number of aromatic nitrogens is 2. The first kappa shape index (κ1) is 17.3. The third-order valence-corrected chi connectivity index (χ3v) is 4.93. The molecule has 0 radical (unpaired) electrons. The molecule has 0 bridgehead atoms. The predicted molar refractivity (Wildman–Crippen MR) is 104 cm³/mol. The summed E-state index contributed by atoms with van der Waals surface area (Å²) < 4.78 is 1.89. The number of carbonyl (C=O) groups excluding carboxylic acids is 2. The molecule has 1 aliphatic heterocycles. The summed E-state index contributed by atoms with van der Waals surface area (Å²) in [7, 11) is 0. The zero-order valence-corrected chi connectivity index (χ0v) is 15.3. The molecule has 0 spiro atoms. The highest BCUT2D eigenvalue weighted by Gasteiger charge is 2.32. The number of piperidine rings is 1. The van der Waals surface area contributed by atoms with Gasteiger partial charge in [-0.25, -0.2) is 4.98 Å². The molecule has 1 saturated heterocycles. The second kappa shape index (κ2) is 7.23. The van der Waals surface area contributed by atoms with Crippen LogP contribution in [0.4, 0.5) is 5.69 Å². The summed E-state index contributed by atoms with van der Waals surface area (Å²) in [6, 6.07) is 12.4. The van der Waals surface area contributed by atoms with Crippen molar-refractivity contribution in [3.05, 3.63) is 66.1 Å². The van der Waals surface area contributed by atoms with Gasteiger partial charge in [-0.2, -0.15) is 0 Å². The van der Waals surface area contributed by atoms with E-state index in [-0.39, 0.29) is 11.8 Å². The van der Waals surface area contributed by atoms with Crippen LogP contribution in [0.5, 0.6) is 0 Å². The molecule has 1 aromatic carbocycles. The number of pyridine rings is 1. The Hall–Kier alpha value is -3.15. The van der Waals surface area contributed by atoms with E-state index in [1.54, 1.807) is 17.0 Å². The van der Waals surface area contributed by atoms with Gasteiger partial charge in [-0.05, 0) is 50.5 Å². The van der Waals surface area contributed by atoms with Crippen molar-refractivity contribution in [3.8, 4) is 0 Å². The maximum Gasteiger partial charge on any atom is 0.254 e. The van der Waals surface area contributed by atoms with Gasteiger partial charge in [0.2, 0.25) is 5.91 Å². The number of hydrogen-bond donors (Lipinski definition) is 1. The fourth-order valence-electron chi connectivity index (χ4n) is 3.61. The van der Waals surface area contributed by atoms with Crippen LogP contribution in [0.1, 0.15) is 35.3 Å². The molecule has 2 amide bonds. The van der Waals surface area contributed by atoms with E-state index in [0.29, 0.717) is 24.2 Å². The number of fused-ring (bicyclic) bond motifs is 1. The Balaban J connectivity index is 1.53. The van der Waals surface area contributed by atoms with E-state index in [9.17, 15) is 9.59 Å². The van der Waals surface area contributed by atoms with Crippen LogP contribution in [0, 0.1) is 6.92 Å². The lowest BCUT2D eigenvalue weighted by Gasteiger charge is -2.34. The van der Waals surface area contributed by atoms with Gasteiger partial charge in [0.15, 0.2) is 0 Å². The summed E-state index contributed by atoms with van der Waals surface area (Å²) in [6.45, 7) is 2.53. The molecule has 27 heavy (non-hydrogen) atoms. The highest BCUT2D eigenvalue weighted by molar-refractivity contribution is 6.01. The normalized spacial score (nSPS) is 17.1. The summed E-state index contributed by atoms with van der Waals surface area (Å²) in [6.07, 6.45) is 6.30. The molecule has 138 valence electrons.